The lowest BCUT2D eigenvalue weighted by atomic mass is 10.1. The molecule has 2 aromatic heterocycles. The van der Waals surface area contributed by atoms with Gasteiger partial charge in [0.2, 0.25) is 5.43 Å². The largest absolute Gasteiger partial charge is 0.486 e. The van der Waals surface area contributed by atoms with Crippen LogP contribution in [0.3, 0.4) is 0 Å². The Labute approximate surface area is 160 Å². The molecule has 0 aliphatic rings. The first-order chi connectivity index (χ1) is 13.3. The van der Waals surface area contributed by atoms with E-state index < -0.39 is 11.2 Å². The number of hydrogen-bond acceptors (Lipinski definition) is 5. The van der Waals surface area contributed by atoms with Crippen LogP contribution in [0.25, 0.3) is 11.0 Å². The summed E-state index contributed by atoms with van der Waals surface area (Å²) >= 11 is 0. The summed E-state index contributed by atoms with van der Waals surface area (Å²) in [6, 6.07) is 4.66. The molecule has 0 aliphatic carbocycles. The van der Waals surface area contributed by atoms with Gasteiger partial charge >= 0.3 is 0 Å². The predicted molar refractivity (Wildman–Crippen MR) is 106 cm³/mol. The summed E-state index contributed by atoms with van der Waals surface area (Å²) in [6.45, 7) is 3.07. The summed E-state index contributed by atoms with van der Waals surface area (Å²) in [5.74, 6) is -0.452. The van der Waals surface area contributed by atoms with Crippen molar-refractivity contribution in [3.05, 3.63) is 61.9 Å². The zero-order valence-corrected chi connectivity index (χ0v) is 16.2. The molecule has 7 nitrogen and oxygen atoms in total. The van der Waals surface area contributed by atoms with Crippen LogP contribution in [-0.4, -0.2) is 27.5 Å². The molecule has 0 saturated carbocycles. The second-order valence-corrected chi connectivity index (χ2v) is 6.68. The van der Waals surface area contributed by atoms with Crippen LogP contribution in [0.4, 0.5) is 15.8 Å². The molecule has 0 spiro atoms. The normalized spacial score (nSPS) is 11.1. The van der Waals surface area contributed by atoms with Crippen molar-refractivity contribution in [2.45, 2.75) is 13.8 Å². The Morgan fingerprint density at radius 2 is 1.93 bits per heavy atom. The van der Waals surface area contributed by atoms with Gasteiger partial charge in [0.05, 0.1) is 29.6 Å². The first-order valence-electron chi connectivity index (χ1n) is 8.76. The number of benzene rings is 1. The monoisotopic (exact) mass is 387 g/mol. The van der Waals surface area contributed by atoms with Crippen LogP contribution in [0, 0.1) is 19.7 Å². The van der Waals surface area contributed by atoms with Crippen molar-refractivity contribution in [1.29, 1.82) is 0 Å². The second kappa shape index (κ2) is 7.47. The Bertz CT molecular complexity index is 1180. The molecule has 8 heteroatoms. The van der Waals surface area contributed by atoms with Crippen LogP contribution in [0.5, 0.6) is 5.75 Å². The van der Waals surface area contributed by atoms with Crippen molar-refractivity contribution in [3.8, 4) is 5.75 Å². The lowest BCUT2D eigenvalue weighted by molar-refractivity contribution is 0.199. The molecule has 3 rings (SSSR count). The molecule has 2 heterocycles. The zero-order chi connectivity index (χ0) is 20.6. The van der Waals surface area contributed by atoms with Crippen LogP contribution in [0.2, 0.25) is 0 Å². The molecule has 0 aliphatic heterocycles. The molecule has 148 valence electrons. The van der Waals surface area contributed by atoms with Crippen molar-refractivity contribution >= 4 is 22.4 Å². The molecule has 28 heavy (non-hydrogen) atoms. The van der Waals surface area contributed by atoms with Crippen LogP contribution < -0.4 is 21.0 Å². The quantitative estimate of drug-likeness (QED) is 0.700. The molecule has 2 N–H and O–H groups in total. The molecular formula is C20H22FN3O4. The van der Waals surface area contributed by atoms with Crippen molar-refractivity contribution < 1.29 is 14.2 Å². The van der Waals surface area contributed by atoms with E-state index in [1.165, 1.54) is 16.8 Å². The number of anilines is 2. The van der Waals surface area contributed by atoms with Gasteiger partial charge in [0, 0.05) is 19.7 Å². The van der Waals surface area contributed by atoms with Crippen molar-refractivity contribution in [2.75, 3.05) is 18.5 Å². The third kappa shape index (κ3) is 3.27. The highest BCUT2D eigenvalue weighted by Crippen LogP contribution is 2.28. The third-order valence-corrected chi connectivity index (χ3v) is 4.62. The lowest BCUT2D eigenvalue weighted by Crippen LogP contribution is -2.27. The van der Waals surface area contributed by atoms with E-state index in [1.54, 1.807) is 44.6 Å². The fraction of sp³-hybridized carbons (Fsp3) is 0.300. The number of halogens is 1. The molecule has 0 radical (unpaired) electrons. The van der Waals surface area contributed by atoms with E-state index in [0.717, 1.165) is 5.56 Å². The number of aromatic nitrogens is 2. The lowest BCUT2D eigenvalue weighted by Gasteiger charge is -2.18. The average Bonchev–Trinajstić information content (AvgIpc) is 2.65. The van der Waals surface area contributed by atoms with Crippen molar-refractivity contribution in [3.63, 3.8) is 0 Å². The third-order valence-electron chi connectivity index (χ3n) is 4.62. The number of hydrogen-bond donors (Lipinski definition) is 2. The standard InChI is InChI=1S/C20H22FN3O4/c1-11-5-6-14(13(21)9-11)22-17-12(2)20(27)24(4)19-16(17)18(26)15(10-23(19)3)28-8-7-25/h5-6,9-10,22,25H,7-8H2,1-4H3. The van der Waals surface area contributed by atoms with Gasteiger partial charge in [0.25, 0.3) is 5.56 Å². The topological polar surface area (TPSA) is 85.5 Å². The Balaban J connectivity index is 2.35. The van der Waals surface area contributed by atoms with Gasteiger partial charge in [-0.05, 0) is 31.5 Å². The van der Waals surface area contributed by atoms with Crippen LogP contribution in [0.1, 0.15) is 11.1 Å². The Hall–Kier alpha value is -3.13. The van der Waals surface area contributed by atoms with E-state index in [9.17, 15) is 14.0 Å². The predicted octanol–water partition coefficient (Wildman–Crippen LogP) is 2.11. The van der Waals surface area contributed by atoms with Gasteiger partial charge in [-0.25, -0.2) is 4.39 Å². The van der Waals surface area contributed by atoms with E-state index in [2.05, 4.69) is 5.32 Å². The molecule has 0 unspecified atom stereocenters. The number of aliphatic hydroxyl groups is 1. The molecule has 3 aromatic rings. The van der Waals surface area contributed by atoms with Gasteiger partial charge in [0.15, 0.2) is 5.75 Å². The smallest absolute Gasteiger partial charge is 0.256 e. The average molecular weight is 387 g/mol. The number of nitrogens with one attached hydrogen (secondary N) is 1. The first kappa shape index (κ1) is 19.6. The minimum Gasteiger partial charge on any atom is -0.486 e. The van der Waals surface area contributed by atoms with E-state index in [1.807, 2.05) is 0 Å². The summed E-state index contributed by atoms with van der Waals surface area (Å²) in [5, 5.41) is 12.1. The molecule has 0 bridgehead atoms. The highest BCUT2D eigenvalue weighted by Gasteiger charge is 2.20. The van der Waals surface area contributed by atoms with Crippen molar-refractivity contribution in [1.82, 2.24) is 9.13 Å². The SMILES string of the molecule is Cc1ccc(Nc2c(C)c(=O)n(C)c3c2c(=O)c(OCCO)cn3C)c(F)c1. The summed E-state index contributed by atoms with van der Waals surface area (Å²) in [4.78, 5) is 25.8. The minimum atomic E-state index is -0.488. The first-order valence-corrected chi connectivity index (χ1v) is 8.76. The second-order valence-electron chi connectivity index (χ2n) is 6.68. The van der Waals surface area contributed by atoms with E-state index in [4.69, 9.17) is 9.84 Å². The molecular weight excluding hydrogens is 365 g/mol. The van der Waals surface area contributed by atoms with Gasteiger partial charge in [-0.2, -0.15) is 0 Å². The maximum Gasteiger partial charge on any atom is 0.256 e. The van der Waals surface area contributed by atoms with E-state index >= 15 is 0 Å². The summed E-state index contributed by atoms with van der Waals surface area (Å²) < 4.78 is 22.7. The van der Waals surface area contributed by atoms with Gasteiger partial charge in [-0.3, -0.25) is 14.2 Å². The zero-order valence-electron chi connectivity index (χ0n) is 16.2. The Morgan fingerprint density at radius 1 is 1.21 bits per heavy atom. The number of ether oxygens (including phenoxy) is 1. The number of rotatable bonds is 5. The minimum absolute atomic E-state index is 0.0366. The van der Waals surface area contributed by atoms with Gasteiger partial charge in [-0.15, -0.1) is 0 Å². The van der Waals surface area contributed by atoms with Crippen LogP contribution in [-0.2, 0) is 14.1 Å². The van der Waals surface area contributed by atoms with E-state index in [-0.39, 0.29) is 46.8 Å². The maximum absolute atomic E-state index is 14.4. The molecule has 0 saturated heterocycles. The highest BCUT2D eigenvalue weighted by molar-refractivity contribution is 5.94. The van der Waals surface area contributed by atoms with Crippen LogP contribution in [0.15, 0.2) is 34.0 Å². The maximum atomic E-state index is 14.4. The number of pyridine rings is 2. The molecule has 0 amide bonds. The molecule has 1 aromatic carbocycles. The van der Waals surface area contributed by atoms with E-state index in [0.29, 0.717) is 5.65 Å². The fourth-order valence-electron chi connectivity index (χ4n) is 3.24. The molecule has 0 fully saturated rings. The summed E-state index contributed by atoms with van der Waals surface area (Å²) in [6.07, 6.45) is 1.46. The number of aryl methyl sites for hydroxylation is 3. The highest BCUT2D eigenvalue weighted by atomic mass is 19.1. The Morgan fingerprint density at radius 3 is 2.57 bits per heavy atom. The van der Waals surface area contributed by atoms with Gasteiger partial charge < -0.3 is 19.7 Å². The molecule has 0 atom stereocenters. The van der Waals surface area contributed by atoms with Gasteiger partial charge in [0.1, 0.15) is 18.1 Å². The number of nitrogens with zero attached hydrogens (tertiary/aromatic N) is 2. The summed E-state index contributed by atoms with van der Waals surface area (Å²) in [5.41, 5.74) is 1.04. The van der Waals surface area contributed by atoms with Crippen LogP contribution >= 0.6 is 0 Å². The Kier molecular flexibility index (Phi) is 5.24. The van der Waals surface area contributed by atoms with Crippen molar-refractivity contribution in [2.24, 2.45) is 14.1 Å². The fourth-order valence-corrected chi connectivity index (χ4v) is 3.24. The summed E-state index contributed by atoms with van der Waals surface area (Å²) in [7, 11) is 3.25. The number of fused-ring (bicyclic) bond motifs is 1. The number of aliphatic hydroxyl groups excluding tert-OH is 1. The van der Waals surface area contributed by atoms with Gasteiger partial charge in [-0.1, -0.05) is 6.07 Å².